The van der Waals surface area contributed by atoms with Gasteiger partial charge in [-0.15, -0.1) is 0 Å². The Balaban J connectivity index is 1.82. The van der Waals surface area contributed by atoms with Crippen LogP contribution in [0.4, 0.5) is 18.0 Å². The number of nitrogens with zero attached hydrogens (tertiary/aromatic N) is 3. The molecule has 1 atom stereocenters. The number of fused-ring (bicyclic) bond motifs is 1. The van der Waals surface area contributed by atoms with Gasteiger partial charge in [0.15, 0.2) is 0 Å². The molecule has 1 amide bonds. The SMILES string of the molecule is COCCOc1cc2c([C@H](C)c3cccc(C(F)(F)C(C)(C)O)c3F)nc(C)nc2cc1C1CN(C(=O)O)C1. The van der Waals surface area contributed by atoms with Crippen LogP contribution < -0.4 is 4.74 Å². The second-order valence-corrected chi connectivity index (χ2v) is 10.4. The molecule has 1 aliphatic heterocycles. The second-order valence-electron chi connectivity index (χ2n) is 10.4. The fourth-order valence-corrected chi connectivity index (χ4v) is 4.76. The third kappa shape index (κ3) is 5.38. The Morgan fingerprint density at radius 1 is 1.21 bits per heavy atom. The van der Waals surface area contributed by atoms with Gasteiger partial charge in [-0.2, -0.15) is 8.78 Å². The van der Waals surface area contributed by atoms with Gasteiger partial charge in [-0.25, -0.2) is 19.2 Å². The lowest BCUT2D eigenvalue weighted by Crippen LogP contribution is -2.47. The zero-order valence-corrected chi connectivity index (χ0v) is 22.5. The highest BCUT2D eigenvalue weighted by Gasteiger charge is 2.49. The number of benzene rings is 2. The molecule has 4 rings (SSSR count). The summed E-state index contributed by atoms with van der Waals surface area (Å²) in [4.78, 5) is 21.7. The zero-order chi connectivity index (χ0) is 28.7. The molecule has 2 N–H and O–H groups in total. The molecule has 3 aromatic rings. The molecule has 1 saturated heterocycles. The summed E-state index contributed by atoms with van der Waals surface area (Å²) in [6.45, 7) is 6.40. The van der Waals surface area contributed by atoms with Crippen molar-refractivity contribution in [2.75, 3.05) is 33.4 Å². The first-order valence-electron chi connectivity index (χ1n) is 12.6. The number of carboxylic acid groups (broad SMARTS) is 1. The highest BCUT2D eigenvalue weighted by molar-refractivity contribution is 5.85. The smallest absolute Gasteiger partial charge is 0.407 e. The lowest BCUT2D eigenvalue weighted by molar-refractivity contribution is -0.170. The molecule has 11 heteroatoms. The van der Waals surface area contributed by atoms with E-state index < -0.39 is 34.9 Å². The van der Waals surface area contributed by atoms with Gasteiger partial charge in [0.2, 0.25) is 0 Å². The minimum Gasteiger partial charge on any atom is -0.491 e. The Morgan fingerprint density at radius 2 is 1.90 bits per heavy atom. The monoisotopic (exact) mass is 547 g/mol. The fraction of sp³-hybridized carbons (Fsp3) is 0.464. The van der Waals surface area contributed by atoms with Crippen molar-refractivity contribution < 1.29 is 37.7 Å². The van der Waals surface area contributed by atoms with Crippen LogP contribution in [0.5, 0.6) is 5.75 Å². The van der Waals surface area contributed by atoms with E-state index in [1.807, 2.05) is 6.07 Å². The van der Waals surface area contributed by atoms with E-state index in [1.165, 1.54) is 17.0 Å². The van der Waals surface area contributed by atoms with Crippen molar-refractivity contribution in [3.63, 3.8) is 0 Å². The average Bonchev–Trinajstić information content (AvgIpc) is 2.81. The molecule has 210 valence electrons. The van der Waals surface area contributed by atoms with Crippen molar-refractivity contribution in [1.29, 1.82) is 0 Å². The normalized spacial score (nSPS) is 15.4. The van der Waals surface area contributed by atoms with Crippen LogP contribution >= 0.6 is 0 Å². The Kier molecular flexibility index (Phi) is 7.77. The van der Waals surface area contributed by atoms with E-state index in [9.17, 15) is 23.8 Å². The van der Waals surface area contributed by atoms with E-state index in [2.05, 4.69) is 9.97 Å². The topological polar surface area (TPSA) is 105 Å². The Labute approximate surface area is 224 Å². The summed E-state index contributed by atoms with van der Waals surface area (Å²) in [6, 6.07) is 7.29. The van der Waals surface area contributed by atoms with E-state index >= 15 is 4.39 Å². The summed E-state index contributed by atoms with van der Waals surface area (Å²) in [7, 11) is 1.54. The predicted molar refractivity (Wildman–Crippen MR) is 138 cm³/mol. The minimum atomic E-state index is -3.83. The fourth-order valence-electron chi connectivity index (χ4n) is 4.76. The molecule has 1 aromatic heterocycles. The van der Waals surface area contributed by atoms with Gasteiger partial charge < -0.3 is 24.6 Å². The van der Waals surface area contributed by atoms with Gasteiger partial charge in [-0.05, 0) is 44.5 Å². The highest BCUT2D eigenvalue weighted by Crippen LogP contribution is 2.43. The maximum Gasteiger partial charge on any atom is 0.407 e. The number of methoxy groups -OCH3 is 1. The average molecular weight is 548 g/mol. The number of hydrogen-bond acceptors (Lipinski definition) is 6. The second kappa shape index (κ2) is 10.6. The largest absolute Gasteiger partial charge is 0.491 e. The molecule has 0 spiro atoms. The van der Waals surface area contributed by atoms with Gasteiger partial charge >= 0.3 is 12.0 Å². The summed E-state index contributed by atoms with van der Waals surface area (Å²) in [5.74, 6) is -4.90. The first kappa shape index (κ1) is 28.6. The van der Waals surface area contributed by atoms with Gasteiger partial charge in [0.05, 0.1) is 23.4 Å². The van der Waals surface area contributed by atoms with Crippen LogP contribution in [0, 0.1) is 12.7 Å². The van der Waals surface area contributed by atoms with E-state index in [0.717, 1.165) is 25.5 Å². The van der Waals surface area contributed by atoms with E-state index in [0.29, 0.717) is 47.9 Å². The first-order valence-corrected chi connectivity index (χ1v) is 12.6. The van der Waals surface area contributed by atoms with Gasteiger partial charge in [-0.1, -0.05) is 19.1 Å². The van der Waals surface area contributed by atoms with Crippen molar-refractivity contribution in [1.82, 2.24) is 14.9 Å². The van der Waals surface area contributed by atoms with Crippen LogP contribution in [0.15, 0.2) is 30.3 Å². The number of aliphatic hydroxyl groups is 1. The van der Waals surface area contributed by atoms with Gasteiger partial charge in [0.1, 0.15) is 29.6 Å². The Hall–Kier alpha value is -3.44. The van der Waals surface area contributed by atoms with Crippen molar-refractivity contribution in [2.24, 2.45) is 0 Å². The summed E-state index contributed by atoms with van der Waals surface area (Å²) in [6.07, 6.45) is -0.998. The molecule has 0 unspecified atom stereocenters. The number of aryl methyl sites for hydroxylation is 1. The number of rotatable bonds is 9. The van der Waals surface area contributed by atoms with Crippen molar-refractivity contribution >= 4 is 17.0 Å². The number of hydrogen-bond donors (Lipinski definition) is 2. The number of aromatic nitrogens is 2. The van der Waals surface area contributed by atoms with E-state index in [-0.39, 0.29) is 18.1 Å². The van der Waals surface area contributed by atoms with Crippen molar-refractivity contribution in [2.45, 2.75) is 51.1 Å². The standard InChI is InChI=1S/C28H32F3N3O5/c1-15(18-7-6-8-21(24(18)29)28(30,31)27(3,4)37)25-20-12-23(39-10-9-38-5)19(11-22(20)32-16(2)33-25)17-13-34(14-17)26(35)36/h6-8,11-12,15,17,37H,9-10,13-14H2,1-5H3,(H,35,36)/t15-/m1/s1. The predicted octanol–water partition coefficient (Wildman–Crippen LogP) is 5.19. The number of halogens is 3. The zero-order valence-electron chi connectivity index (χ0n) is 22.5. The third-order valence-corrected chi connectivity index (χ3v) is 7.12. The van der Waals surface area contributed by atoms with Gasteiger partial charge in [0, 0.05) is 43.0 Å². The first-order chi connectivity index (χ1) is 18.3. The molecular weight excluding hydrogens is 515 g/mol. The number of likely N-dealkylation sites (tertiary alicyclic amines) is 1. The molecule has 0 aliphatic carbocycles. The maximum absolute atomic E-state index is 15.6. The number of alkyl halides is 2. The molecule has 0 bridgehead atoms. The van der Waals surface area contributed by atoms with Crippen LogP contribution in [-0.2, 0) is 10.7 Å². The molecule has 0 saturated carbocycles. The maximum atomic E-state index is 15.6. The van der Waals surface area contributed by atoms with E-state index in [1.54, 1.807) is 27.0 Å². The molecule has 1 fully saturated rings. The minimum absolute atomic E-state index is 0.00199. The van der Waals surface area contributed by atoms with E-state index in [4.69, 9.17) is 9.47 Å². The van der Waals surface area contributed by atoms with Gasteiger partial charge in [-0.3, -0.25) is 0 Å². The summed E-state index contributed by atoms with van der Waals surface area (Å²) in [5, 5.41) is 19.8. The van der Waals surface area contributed by atoms with Crippen molar-refractivity contribution in [3.8, 4) is 5.75 Å². The summed E-state index contributed by atoms with van der Waals surface area (Å²) in [5.41, 5.74) is -1.62. The lowest BCUT2D eigenvalue weighted by atomic mass is 9.86. The molecule has 2 heterocycles. The Morgan fingerprint density at radius 3 is 2.51 bits per heavy atom. The number of carbonyl (C=O) groups is 1. The van der Waals surface area contributed by atoms with Crippen LogP contribution in [0.2, 0.25) is 0 Å². The molecule has 2 aromatic carbocycles. The molecule has 8 nitrogen and oxygen atoms in total. The lowest BCUT2D eigenvalue weighted by Gasteiger charge is -2.38. The molecule has 0 radical (unpaired) electrons. The third-order valence-electron chi connectivity index (χ3n) is 7.12. The quantitative estimate of drug-likeness (QED) is 0.355. The van der Waals surface area contributed by atoms with Crippen LogP contribution in [0.25, 0.3) is 10.9 Å². The van der Waals surface area contributed by atoms with Crippen LogP contribution in [-0.4, -0.2) is 70.2 Å². The number of amides is 1. The summed E-state index contributed by atoms with van der Waals surface area (Å²) < 4.78 is 56.6. The molecular formula is C28H32F3N3O5. The van der Waals surface area contributed by atoms with Crippen LogP contribution in [0.3, 0.4) is 0 Å². The summed E-state index contributed by atoms with van der Waals surface area (Å²) >= 11 is 0. The van der Waals surface area contributed by atoms with Gasteiger partial charge in [0.25, 0.3) is 0 Å². The molecule has 39 heavy (non-hydrogen) atoms. The number of ether oxygens (including phenoxy) is 2. The van der Waals surface area contributed by atoms with Crippen molar-refractivity contribution in [3.05, 3.63) is 64.4 Å². The van der Waals surface area contributed by atoms with Crippen LogP contribution in [0.1, 0.15) is 60.8 Å². The Bertz CT molecular complexity index is 1390. The highest BCUT2D eigenvalue weighted by atomic mass is 19.3. The molecule has 1 aliphatic rings.